The van der Waals surface area contributed by atoms with Crippen LogP contribution in [0, 0.1) is 5.82 Å². The van der Waals surface area contributed by atoms with Gasteiger partial charge in [-0.15, -0.1) is 0 Å². The highest BCUT2D eigenvalue weighted by atomic mass is 19.1. The molecule has 116 valence electrons. The van der Waals surface area contributed by atoms with Crippen molar-refractivity contribution in [1.29, 1.82) is 0 Å². The highest BCUT2D eigenvalue weighted by molar-refractivity contribution is 5.68. The fraction of sp³-hybridized carbons (Fsp3) is 0.235. The van der Waals surface area contributed by atoms with Crippen molar-refractivity contribution < 1.29 is 19.0 Å². The molecule has 0 spiro atoms. The molecule has 1 atom stereocenters. The van der Waals surface area contributed by atoms with Crippen LogP contribution in [-0.4, -0.2) is 29.8 Å². The number of carbonyl (C=O) groups excluding carboxylic acids is 1. The van der Waals surface area contributed by atoms with E-state index < -0.39 is 18.0 Å². The average Bonchev–Trinajstić information content (AvgIpc) is 2.54. The third kappa shape index (κ3) is 4.05. The molecule has 0 saturated carbocycles. The van der Waals surface area contributed by atoms with E-state index in [9.17, 15) is 14.3 Å². The van der Waals surface area contributed by atoms with E-state index in [1.165, 1.54) is 30.1 Å². The molecule has 0 saturated heterocycles. The van der Waals surface area contributed by atoms with Gasteiger partial charge in [-0.05, 0) is 23.3 Å². The van der Waals surface area contributed by atoms with Gasteiger partial charge >= 0.3 is 6.09 Å². The highest BCUT2D eigenvalue weighted by Crippen LogP contribution is 2.20. The lowest BCUT2D eigenvalue weighted by Gasteiger charge is -2.26. The van der Waals surface area contributed by atoms with Crippen molar-refractivity contribution in [1.82, 2.24) is 4.90 Å². The summed E-state index contributed by atoms with van der Waals surface area (Å²) in [6, 6.07) is 14.4. The number of ether oxygens (including phenoxy) is 1. The summed E-state index contributed by atoms with van der Waals surface area (Å²) in [4.78, 5) is 13.3. The Bertz CT molecular complexity index is 618. The van der Waals surface area contributed by atoms with Crippen LogP contribution in [0.3, 0.4) is 0 Å². The Hall–Kier alpha value is -2.40. The SMILES string of the molecule is CN(C(=O)OCc1ccccc1)C(CO)c1cccc(F)c1. The zero-order valence-electron chi connectivity index (χ0n) is 12.3. The summed E-state index contributed by atoms with van der Waals surface area (Å²) in [6.45, 7) is -0.175. The van der Waals surface area contributed by atoms with Crippen molar-refractivity contribution in [3.63, 3.8) is 0 Å². The number of rotatable bonds is 5. The molecule has 0 aliphatic carbocycles. The number of amides is 1. The summed E-state index contributed by atoms with van der Waals surface area (Å²) in [5, 5.41) is 9.50. The third-order valence-corrected chi connectivity index (χ3v) is 3.37. The number of hydrogen-bond acceptors (Lipinski definition) is 3. The molecule has 2 rings (SSSR count). The lowest BCUT2D eigenvalue weighted by atomic mass is 10.1. The van der Waals surface area contributed by atoms with Crippen molar-refractivity contribution in [3.05, 3.63) is 71.5 Å². The Labute approximate surface area is 128 Å². The highest BCUT2D eigenvalue weighted by Gasteiger charge is 2.22. The Morgan fingerprint density at radius 1 is 1.23 bits per heavy atom. The number of carbonyl (C=O) groups is 1. The minimum atomic E-state index is -0.654. The van der Waals surface area contributed by atoms with E-state index in [0.29, 0.717) is 5.56 Å². The predicted octanol–water partition coefficient (Wildman–Crippen LogP) is 3.13. The predicted molar refractivity (Wildman–Crippen MR) is 80.6 cm³/mol. The molecule has 1 N–H and O–H groups in total. The normalized spacial score (nSPS) is 11.8. The molecule has 2 aromatic carbocycles. The molecule has 0 aliphatic rings. The molecule has 0 heterocycles. The number of hydrogen-bond donors (Lipinski definition) is 1. The van der Waals surface area contributed by atoms with Gasteiger partial charge < -0.3 is 14.7 Å². The lowest BCUT2D eigenvalue weighted by molar-refractivity contribution is 0.0758. The van der Waals surface area contributed by atoms with Crippen LogP contribution in [0.25, 0.3) is 0 Å². The Morgan fingerprint density at radius 3 is 2.59 bits per heavy atom. The average molecular weight is 303 g/mol. The van der Waals surface area contributed by atoms with Crippen LogP contribution in [0.1, 0.15) is 17.2 Å². The summed E-state index contributed by atoms with van der Waals surface area (Å²) in [5.41, 5.74) is 1.39. The molecule has 4 nitrogen and oxygen atoms in total. The number of likely N-dealkylation sites (N-methyl/N-ethyl adjacent to an activating group) is 1. The first-order chi connectivity index (χ1) is 10.6. The van der Waals surface area contributed by atoms with E-state index in [1.807, 2.05) is 30.3 Å². The molecule has 2 aromatic rings. The number of nitrogens with zero attached hydrogens (tertiary/aromatic N) is 1. The quantitative estimate of drug-likeness (QED) is 0.923. The molecule has 0 bridgehead atoms. The first-order valence-corrected chi connectivity index (χ1v) is 6.91. The van der Waals surface area contributed by atoms with Gasteiger partial charge in [0.05, 0.1) is 12.6 Å². The van der Waals surface area contributed by atoms with Gasteiger partial charge in [-0.3, -0.25) is 0 Å². The number of benzene rings is 2. The number of aliphatic hydroxyl groups excluding tert-OH is 1. The molecule has 0 aromatic heterocycles. The summed E-state index contributed by atoms with van der Waals surface area (Å²) < 4.78 is 18.5. The van der Waals surface area contributed by atoms with Crippen molar-refractivity contribution in [2.45, 2.75) is 12.6 Å². The smallest absolute Gasteiger partial charge is 0.410 e. The van der Waals surface area contributed by atoms with E-state index >= 15 is 0 Å². The van der Waals surface area contributed by atoms with Gasteiger partial charge in [0.25, 0.3) is 0 Å². The Morgan fingerprint density at radius 2 is 1.95 bits per heavy atom. The van der Waals surface area contributed by atoms with Crippen LogP contribution in [-0.2, 0) is 11.3 Å². The molecule has 0 fully saturated rings. The second-order valence-corrected chi connectivity index (χ2v) is 4.90. The van der Waals surface area contributed by atoms with Crippen LogP contribution >= 0.6 is 0 Å². The van der Waals surface area contributed by atoms with Gasteiger partial charge in [0.1, 0.15) is 12.4 Å². The van der Waals surface area contributed by atoms with Crippen LogP contribution in [0.5, 0.6) is 0 Å². The minimum absolute atomic E-state index is 0.144. The fourth-order valence-electron chi connectivity index (χ4n) is 2.11. The summed E-state index contributed by atoms with van der Waals surface area (Å²) in [7, 11) is 1.51. The van der Waals surface area contributed by atoms with Crippen LogP contribution in [0.2, 0.25) is 0 Å². The summed E-state index contributed by atoms with van der Waals surface area (Å²) in [5.74, 6) is -0.415. The number of aliphatic hydroxyl groups is 1. The van der Waals surface area contributed by atoms with E-state index in [2.05, 4.69) is 0 Å². The van der Waals surface area contributed by atoms with Crippen LogP contribution in [0.4, 0.5) is 9.18 Å². The monoisotopic (exact) mass is 303 g/mol. The summed E-state index contributed by atoms with van der Waals surface area (Å²) in [6.07, 6.45) is -0.577. The van der Waals surface area contributed by atoms with Gasteiger partial charge in [0.15, 0.2) is 0 Å². The molecule has 0 aliphatic heterocycles. The van der Waals surface area contributed by atoms with Gasteiger partial charge in [0.2, 0.25) is 0 Å². The van der Waals surface area contributed by atoms with Crippen LogP contribution < -0.4 is 0 Å². The van der Waals surface area contributed by atoms with E-state index in [-0.39, 0.29) is 13.2 Å². The second-order valence-electron chi connectivity index (χ2n) is 4.90. The third-order valence-electron chi connectivity index (χ3n) is 3.37. The van der Waals surface area contributed by atoms with E-state index in [0.717, 1.165) is 5.56 Å². The number of halogens is 1. The van der Waals surface area contributed by atoms with Crippen molar-refractivity contribution in [2.75, 3.05) is 13.7 Å². The van der Waals surface area contributed by atoms with Gasteiger partial charge in [0, 0.05) is 7.05 Å². The van der Waals surface area contributed by atoms with Crippen molar-refractivity contribution in [3.8, 4) is 0 Å². The Balaban J connectivity index is 2.01. The molecular formula is C17H18FNO3. The zero-order chi connectivity index (χ0) is 15.9. The largest absolute Gasteiger partial charge is 0.445 e. The standard InChI is InChI=1S/C17H18FNO3/c1-19(16(11-20)14-8-5-9-15(18)10-14)17(21)22-12-13-6-3-2-4-7-13/h2-10,16,20H,11-12H2,1H3. The fourth-order valence-corrected chi connectivity index (χ4v) is 2.11. The van der Waals surface area contributed by atoms with Crippen LogP contribution in [0.15, 0.2) is 54.6 Å². The van der Waals surface area contributed by atoms with Gasteiger partial charge in [-0.2, -0.15) is 0 Å². The maximum absolute atomic E-state index is 13.3. The first kappa shape index (κ1) is 16.0. The maximum Gasteiger partial charge on any atom is 0.410 e. The first-order valence-electron chi connectivity index (χ1n) is 6.91. The zero-order valence-corrected chi connectivity index (χ0v) is 12.3. The maximum atomic E-state index is 13.3. The van der Waals surface area contributed by atoms with E-state index in [4.69, 9.17) is 4.74 Å². The minimum Gasteiger partial charge on any atom is -0.445 e. The van der Waals surface area contributed by atoms with Gasteiger partial charge in [-0.1, -0.05) is 42.5 Å². The van der Waals surface area contributed by atoms with Crippen molar-refractivity contribution in [2.24, 2.45) is 0 Å². The molecule has 1 unspecified atom stereocenters. The molecular weight excluding hydrogens is 285 g/mol. The van der Waals surface area contributed by atoms with Crippen molar-refractivity contribution >= 4 is 6.09 Å². The lowest BCUT2D eigenvalue weighted by Crippen LogP contribution is -2.33. The molecule has 0 radical (unpaired) electrons. The Kier molecular flexibility index (Phi) is 5.49. The second kappa shape index (κ2) is 7.56. The van der Waals surface area contributed by atoms with Gasteiger partial charge in [-0.25, -0.2) is 9.18 Å². The molecule has 1 amide bonds. The van der Waals surface area contributed by atoms with E-state index in [1.54, 1.807) is 6.07 Å². The molecule has 5 heteroatoms. The topological polar surface area (TPSA) is 49.8 Å². The summed E-state index contributed by atoms with van der Waals surface area (Å²) >= 11 is 0. The molecule has 22 heavy (non-hydrogen) atoms.